The van der Waals surface area contributed by atoms with Gasteiger partial charge in [0.05, 0.1) is 24.5 Å². The summed E-state index contributed by atoms with van der Waals surface area (Å²) in [6, 6.07) is 9.68. The molecular weight excluding hydrogens is 366 g/mol. The second-order valence-electron chi connectivity index (χ2n) is 6.88. The molecule has 0 radical (unpaired) electrons. The van der Waals surface area contributed by atoms with E-state index in [0.717, 1.165) is 45.1 Å². The van der Waals surface area contributed by atoms with Gasteiger partial charge in [-0.2, -0.15) is 0 Å². The Morgan fingerprint density at radius 2 is 1.86 bits per heavy atom. The first-order valence-corrected chi connectivity index (χ1v) is 9.45. The monoisotopic (exact) mass is 389 g/mol. The molecule has 0 aliphatic carbocycles. The smallest absolute Gasteiger partial charge is 0.138 e. The number of rotatable bonds is 6. The van der Waals surface area contributed by atoms with Crippen LogP contribution in [0.4, 0.5) is 5.82 Å². The molecule has 0 amide bonds. The Hall–Kier alpha value is -3.45. The Balaban J connectivity index is 1.79. The van der Waals surface area contributed by atoms with Crippen LogP contribution in [0.25, 0.3) is 32.9 Å². The molecule has 0 aliphatic heterocycles. The highest BCUT2D eigenvalue weighted by molar-refractivity contribution is 6.09. The van der Waals surface area contributed by atoms with E-state index in [1.165, 1.54) is 0 Å². The first-order valence-electron chi connectivity index (χ1n) is 9.45. The van der Waals surface area contributed by atoms with Crippen molar-refractivity contribution in [2.45, 2.75) is 19.4 Å². The number of fused-ring (bicyclic) bond motifs is 3. The number of methoxy groups -OCH3 is 1. The van der Waals surface area contributed by atoms with Gasteiger partial charge in [0.25, 0.3) is 0 Å². The molecule has 0 aliphatic rings. The van der Waals surface area contributed by atoms with Crippen molar-refractivity contribution in [2.75, 3.05) is 19.5 Å². The zero-order valence-corrected chi connectivity index (χ0v) is 16.4. The molecule has 0 saturated carbocycles. The predicted molar refractivity (Wildman–Crippen MR) is 115 cm³/mol. The van der Waals surface area contributed by atoms with Gasteiger partial charge in [0.1, 0.15) is 23.9 Å². The molecule has 0 unspecified atom stereocenters. The van der Waals surface area contributed by atoms with Crippen molar-refractivity contribution in [3.63, 3.8) is 0 Å². The fraction of sp³-hybridized carbons (Fsp3) is 0.227. The highest BCUT2D eigenvalue weighted by atomic mass is 16.5. The van der Waals surface area contributed by atoms with E-state index in [0.29, 0.717) is 18.2 Å². The topological polar surface area (TPSA) is 109 Å². The molecule has 3 aromatic heterocycles. The van der Waals surface area contributed by atoms with E-state index in [2.05, 4.69) is 15.0 Å². The molecule has 4 rings (SSSR count). The van der Waals surface area contributed by atoms with Gasteiger partial charge >= 0.3 is 0 Å². The van der Waals surface area contributed by atoms with Crippen molar-refractivity contribution in [1.82, 2.24) is 15.0 Å². The third kappa shape index (κ3) is 3.77. The predicted octanol–water partition coefficient (Wildman–Crippen LogP) is 3.55. The number of anilines is 1. The lowest BCUT2D eigenvalue weighted by Crippen LogP contribution is -2.26. The Bertz CT molecular complexity index is 1180. The van der Waals surface area contributed by atoms with E-state index < -0.39 is 0 Å². The summed E-state index contributed by atoms with van der Waals surface area (Å²) < 4.78 is 11.1. The summed E-state index contributed by atoms with van der Waals surface area (Å²) in [6.45, 7) is 2.46. The minimum atomic E-state index is -0.0102. The van der Waals surface area contributed by atoms with E-state index in [9.17, 15) is 0 Å². The van der Waals surface area contributed by atoms with Crippen LogP contribution in [-0.2, 0) is 0 Å². The third-order valence-electron chi connectivity index (χ3n) is 4.91. The summed E-state index contributed by atoms with van der Waals surface area (Å²) in [5, 5.41) is 2.76. The van der Waals surface area contributed by atoms with E-state index >= 15 is 0 Å². The lowest BCUT2D eigenvalue weighted by molar-refractivity contribution is 0.284. The number of benzene rings is 1. The second kappa shape index (κ2) is 7.89. The van der Waals surface area contributed by atoms with Crippen molar-refractivity contribution in [1.29, 1.82) is 0 Å². The largest absolute Gasteiger partial charge is 0.497 e. The lowest BCUT2D eigenvalue weighted by Gasteiger charge is -2.12. The van der Waals surface area contributed by atoms with E-state index in [4.69, 9.17) is 20.9 Å². The Morgan fingerprint density at radius 1 is 1.00 bits per heavy atom. The normalized spacial score (nSPS) is 12.2. The van der Waals surface area contributed by atoms with Crippen molar-refractivity contribution >= 4 is 27.5 Å². The molecule has 1 aromatic carbocycles. The molecular formula is C22H23N5O2. The number of nitrogens with two attached hydrogens (primary N) is 2. The number of ether oxygens (including phenoxy) is 2. The number of nitrogen functional groups attached to an aromatic ring is 1. The summed E-state index contributed by atoms with van der Waals surface area (Å²) >= 11 is 0. The van der Waals surface area contributed by atoms with Crippen LogP contribution in [0.3, 0.4) is 0 Å². The average Bonchev–Trinajstić information content (AvgIpc) is 2.76. The first kappa shape index (κ1) is 18.9. The maximum absolute atomic E-state index is 6.25. The molecule has 4 aromatic rings. The van der Waals surface area contributed by atoms with Crippen LogP contribution in [0.1, 0.15) is 13.3 Å². The first-order chi connectivity index (χ1) is 14.1. The van der Waals surface area contributed by atoms with Crippen LogP contribution < -0.4 is 20.9 Å². The molecule has 3 heterocycles. The van der Waals surface area contributed by atoms with Gasteiger partial charge in [0, 0.05) is 40.8 Å². The molecule has 7 nitrogen and oxygen atoms in total. The zero-order chi connectivity index (χ0) is 20.4. The fourth-order valence-electron chi connectivity index (χ4n) is 3.15. The fourth-order valence-corrected chi connectivity index (χ4v) is 3.15. The summed E-state index contributed by atoms with van der Waals surface area (Å²) in [4.78, 5) is 13.3. The molecule has 148 valence electrons. The number of pyridine rings is 3. The second-order valence-corrected chi connectivity index (χ2v) is 6.88. The molecule has 4 N–H and O–H groups in total. The van der Waals surface area contributed by atoms with Crippen LogP contribution in [0, 0.1) is 0 Å². The maximum Gasteiger partial charge on any atom is 0.138 e. The molecule has 0 fully saturated rings. The summed E-state index contributed by atoms with van der Waals surface area (Å²) in [5.41, 5.74) is 14.6. The Kier molecular flexibility index (Phi) is 5.14. The summed E-state index contributed by atoms with van der Waals surface area (Å²) in [7, 11) is 1.64. The number of hydrogen-bond donors (Lipinski definition) is 2. The van der Waals surface area contributed by atoms with Crippen molar-refractivity contribution in [3.8, 4) is 22.8 Å². The average molecular weight is 389 g/mol. The minimum Gasteiger partial charge on any atom is -0.497 e. The van der Waals surface area contributed by atoms with E-state index in [1.54, 1.807) is 25.7 Å². The van der Waals surface area contributed by atoms with E-state index in [-0.39, 0.29) is 6.04 Å². The molecule has 7 heteroatoms. The molecule has 29 heavy (non-hydrogen) atoms. The van der Waals surface area contributed by atoms with Gasteiger partial charge in [-0.1, -0.05) is 6.92 Å². The number of aromatic nitrogens is 3. The van der Waals surface area contributed by atoms with Gasteiger partial charge < -0.3 is 20.9 Å². The number of nitrogens with zero attached hydrogens (tertiary/aromatic N) is 3. The third-order valence-corrected chi connectivity index (χ3v) is 4.91. The van der Waals surface area contributed by atoms with Crippen LogP contribution in [-0.4, -0.2) is 34.7 Å². The van der Waals surface area contributed by atoms with E-state index in [1.807, 2.05) is 37.3 Å². The van der Waals surface area contributed by atoms with Crippen LogP contribution in [0.2, 0.25) is 0 Å². The highest BCUT2D eigenvalue weighted by Gasteiger charge is 2.11. The SMILES string of the molecule is CC[C@@H](N)COc1cncc(-c2cc3c(cnc4cc(OC)ccc43)c(N)n2)c1. The zero-order valence-electron chi connectivity index (χ0n) is 16.4. The van der Waals surface area contributed by atoms with Crippen molar-refractivity contribution in [3.05, 3.63) is 48.9 Å². The van der Waals surface area contributed by atoms with Crippen LogP contribution >= 0.6 is 0 Å². The molecule has 0 spiro atoms. The van der Waals surface area contributed by atoms with Gasteiger partial charge in [-0.25, -0.2) is 4.98 Å². The summed E-state index contributed by atoms with van der Waals surface area (Å²) in [6.07, 6.45) is 6.00. The molecule has 0 bridgehead atoms. The van der Waals surface area contributed by atoms with Gasteiger partial charge in [-0.3, -0.25) is 9.97 Å². The standard InChI is InChI=1S/C22H23N5O2/c1-3-14(23)12-29-16-6-13(9-25-10-16)20-8-18-17-5-4-15(28-2)7-21(17)26-11-19(18)22(24)27-20/h4-11,14H,3,12,23H2,1-2H3,(H2,24,27)/t14-/m1/s1. The van der Waals surface area contributed by atoms with Gasteiger partial charge in [0.15, 0.2) is 0 Å². The van der Waals surface area contributed by atoms with Crippen molar-refractivity contribution in [2.24, 2.45) is 5.73 Å². The maximum atomic E-state index is 6.25. The van der Waals surface area contributed by atoms with Gasteiger partial charge in [-0.05, 0) is 36.1 Å². The van der Waals surface area contributed by atoms with Crippen LogP contribution in [0.5, 0.6) is 11.5 Å². The van der Waals surface area contributed by atoms with Crippen molar-refractivity contribution < 1.29 is 9.47 Å². The molecule has 1 atom stereocenters. The minimum absolute atomic E-state index is 0.0102. The van der Waals surface area contributed by atoms with Gasteiger partial charge in [-0.15, -0.1) is 0 Å². The quantitative estimate of drug-likeness (QED) is 0.485. The molecule has 0 saturated heterocycles. The lowest BCUT2D eigenvalue weighted by atomic mass is 10.0. The summed E-state index contributed by atoms with van der Waals surface area (Å²) in [5.74, 6) is 1.82. The number of hydrogen-bond acceptors (Lipinski definition) is 7. The Labute approximate surface area is 168 Å². The van der Waals surface area contributed by atoms with Gasteiger partial charge in [0.2, 0.25) is 0 Å². The highest BCUT2D eigenvalue weighted by Crippen LogP contribution is 2.32. The Morgan fingerprint density at radius 3 is 2.66 bits per heavy atom. The van der Waals surface area contributed by atoms with Crippen LogP contribution in [0.15, 0.2) is 48.9 Å².